The van der Waals surface area contributed by atoms with E-state index in [2.05, 4.69) is 10.6 Å². The van der Waals surface area contributed by atoms with Crippen molar-refractivity contribution >= 4 is 11.8 Å². The molecule has 0 saturated carbocycles. The largest absolute Gasteiger partial charge is 0.342 e. The molecular formula is C6H9N2O2. The average Bonchev–Trinajstić information content (AvgIpc) is 1.84. The van der Waals surface area contributed by atoms with Gasteiger partial charge in [-0.25, -0.2) is 0 Å². The third-order valence-corrected chi connectivity index (χ3v) is 1.39. The molecule has 0 aromatic rings. The summed E-state index contributed by atoms with van der Waals surface area (Å²) in [5, 5.41) is 4.94. The van der Waals surface area contributed by atoms with Crippen LogP contribution in [0.5, 0.6) is 0 Å². The summed E-state index contributed by atoms with van der Waals surface area (Å²) in [6, 6.07) is -0.0423. The van der Waals surface area contributed by atoms with E-state index in [-0.39, 0.29) is 11.8 Å². The maximum atomic E-state index is 10.8. The lowest BCUT2D eigenvalue weighted by molar-refractivity contribution is -0.132. The first-order chi connectivity index (χ1) is 4.61. The fourth-order valence-corrected chi connectivity index (χ4v) is 0.720. The lowest BCUT2D eigenvalue weighted by atomic mass is 10.2. The van der Waals surface area contributed by atoms with Gasteiger partial charge in [0.2, 0.25) is 11.8 Å². The minimum Gasteiger partial charge on any atom is -0.342 e. The molecule has 1 aliphatic rings. The van der Waals surface area contributed by atoms with E-state index >= 15 is 0 Å². The van der Waals surface area contributed by atoms with Crippen LogP contribution in [-0.2, 0) is 9.59 Å². The van der Waals surface area contributed by atoms with Crippen molar-refractivity contribution in [1.29, 1.82) is 0 Å². The minimum atomic E-state index is -0.406. The number of amides is 2. The normalized spacial score (nSPS) is 27.6. The van der Waals surface area contributed by atoms with Gasteiger partial charge in [0.05, 0.1) is 0 Å². The Labute approximate surface area is 59.0 Å². The standard InChI is InChI=1S/C6H9N2O2/c1-3-5(9)8-4(2)6(10)7-3/h3H,1-2H3,(H,7,10)(H,8,9)/t3-/m0/s1. The zero-order chi connectivity index (χ0) is 7.72. The van der Waals surface area contributed by atoms with Crippen molar-refractivity contribution in [3.63, 3.8) is 0 Å². The van der Waals surface area contributed by atoms with E-state index < -0.39 is 6.04 Å². The molecule has 0 spiro atoms. The van der Waals surface area contributed by atoms with E-state index in [1.807, 2.05) is 0 Å². The second-order valence-electron chi connectivity index (χ2n) is 2.31. The Kier molecular flexibility index (Phi) is 1.61. The summed E-state index contributed by atoms with van der Waals surface area (Å²) in [4.78, 5) is 21.6. The van der Waals surface area contributed by atoms with Crippen LogP contribution in [0.25, 0.3) is 0 Å². The molecule has 1 aliphatic heterocycles. The second kappa shape index (κ2) is 2.28. The molecular weight excluding hydrogens is 132 g/mol. The van der Waals surface area contributed by atoms with Gasteiger partial charge in [0, 0.05) is 0 Å². The molecule has 4 heteroatoms. The number of nitrogens with one attached hydrogen (secondary N) is 2. The van der Waals surface area contributed by atoms with Crippen LogP contribution in [0.4, 0.5) is 0 Å². The predicted octanol–water partition coefficient (Wildman–Crippen LogP) is -0.827. The van der Waals surface area contributed by atoms with E-state index in [4.69, 9.17) is 0 Å². The summed E-state index contributed by atoms with van der Waals surface area (Å²) in [6.07, 6.45) is 0. The van der Waals surface area contributed by atoms with Gasteiger partial charge in [0.25, 0.3) is 0 Å². The molecule has 0 unspecified atom stereocenters. The van der Waals surface area contributed by atoms with Crippen molar-refractivity contribution < 1.29 is 9.59 Å². The maximum Gasteiger partial charge on any atom is 0.249 e. The molecule has 10 heavy (non-hydrogen) atoms. The minimum absolute atomic E-state index is 0.155. The molecule has 4 nitrogen and oxygen atoms in total. The maximum absolute atomic E-state index is 10.8. The number of piperazine rings is 1. The van der Waals surface area contributed by atoms with Crippen LogP contribution in [0.1, 0.15) is 13.8 Å². The van der Waals surface area contributed by atoms with E-state index in [0.717, 1.165) is 0 Å². The fraction of sp³-hybridized carbons (Fsp3) is 0.500. The molecule has 1 rings (SSSR count). The van der Waals surface area contributed by atoms with Crippen LogP contribution in [0.3, 0.4) is 0 Å². The Morgan fingerprint density at radius 1 is 1.40 bits per heavy atom. The van der Waals surface area contributed by atoms with Crippen molar-refractivity contribution in [2.45, 2.75) is 19.9 Å². The average molecular weight is 141 g/mol. The fourth-order valence-electron chi connectivity index (χ4n) is 0.720. The number of hydrogen-bond acceptors (Lipinski definition) is 2. The molecule has 0 bridgehead atoms. The summed E-state index contributed by atoms with van der Waals surface area (Å²) < 4.78 is 0. The summed E-state index contributed by atoms with van der Waals surface area (Å²) in [5.41, 5.74) is 0. The van der Waals surface area contributed by atoms with Crippen LogP contribution in [-0.4, -0.2) is 17.9 Å². The molecule has 0 aromatic carbocycles. The summed E-state index contributed by atoms with van der Waals surface area (Å²) in [5.74, 6) is -0.357. The Morgan fingerprint density at radius 3 is 2.50 bits per heavy atom. The lowest BCUT2D eigenvalue weighted by Gasteiger charge is -2.23. The number of hydrogen-bond donors (Lipinski definition) is 2. The van der Waals surface area contributed by atoms with E-state index in [1.165, 1.54) is 0 Å². The van der Waals surface area contributed by atoms with Gasteiger partial charge in [-0.2, -0.15) is 0 Å². The molecule has 1 heterocycles. The molecule has 55 valence electrons. The molecule has 1 saturated heterocycles. The van der Waals surface area contributed by atoms with E-state index in [9.17, 15) is 9.59 Å². The third kappa shape index (κ3) is 1.10. The first-order valence-corrected chi connectivity index (χ1v) is 3.06. The molecule has 2 N–H and O–H groups in total. The van der Waals surface area contributed by atoms with Crippen LogP contribution in [0.15, 0.2) is 0 Å². The Morgan fingerprint density at radius 2 is 2.00 bits per heavy atom. The van der Waals surface area contributed by atoms with Crippen LogP contribution in [0.2, 0.25) is 0 Å². The third-order valence-electron chi connectivity index (χ3n) is 1.39. The van der Waals surface area contributed by atoms with Gasteiger partial charge in [-0.3, -0.25) is 9.59 Å². The van der Waals surface area contributed by atoms with Gasteiger partial charge >= 0.3 is 0 Å². The monoisotopic (exact) mass is 141 g/mol. The Hall–Kier alpha value is -1.06. The highest BCUT2D eigenvalue weighted by molar-refractivity contribution is 6.01. The highest BCUT2D eigenvalue weighted by Gasteiger charge is 2.27. The van der Waals surface area contributed by atoms with E-state index in [0.29, 0.717) is 6.04 Å². The van der Waals surface area contributed by atoms with Gasteiger partial charge < -0.3 is 10.6 Å². The first kappa shape index (κ1) is 7.05. The SMILES string of the molecule is C[C]1NC(=O)[C@H](C)NC1=O. The second-order valence-corrected chi connectivity index (χ2v) is 2.31. The number of rotatable bonds is 0. The van der Waals surface area contributed by atoms with E-state index in [1.54, 1.807) is 13.8 Å². The number of carbonyl (C=O) groups is 2. The predicted molar refractivity (Wildman–Crippen MR) is 34.7 cm³/mol. The molecule has 0 aromatic heterocycles. The topological polar surface area (TPSA) is 58.2 Å². The van der Waals surface area contributed by atoms with Crippen molar-refractivity contribution in [1.82, 2.24) is 10.6 Å². The lowest BCUT2D eigenvalue weighted by Crippen LogP contribution is -2.55. The summed E-state index contributed by atoms with van der Waals surface area (Å²) >= 11 is 0. The quantitative estimate of drug-likeness (QED) is 0.462. The molecule has 0 aliphatic carbocycles. The smallest absolute Gasteiger partial charge is 0.249 e. The van der Waals surface area contributed by atoms with Crippen molar-refractivity contribution in [3.8, 4) is 0 Å². The Balaban J connectivity index is 2.63. The molecule has 2 amide bonds. The van der Waals surface area contributed by atoms with Gasteiger partial charge in [0.1, 0.15) is 12.1 Å². The van der Waals surface area contributed by atoms with Gasteiger partial charge in [0.15, 0.2) is 0 Å². The zero-order valence-electron chi connectivity index (χ0n) is 5.89. The van der Waals surface area contributed by atoms with Gasteiger partial charge in [-0.15, -0.1) is 0 Å². The molecule has 1 fully saturated rings. The highest BCUT2D eigenvalue weighted by atomic mass is 16.2. The number of carbonyl (C=O) groups excluding carboxylic acids is 2. The Bertz CT molecular complexity index is 159. The van der Waals surface area contributed by atoms with Crippen LogP contribution in [0, 0.1) is 6.04 Å². The van der Waals surface area contributed by atoms with Gasteiger partial charge in [-0.05, 0) is 13.8 Å². The molecule has 1 radical (unpaired) electrons. The summed E-state index contributed by atoms with van der Waals surface area (Å²) in [7, 11) is 0. The summed E-state index contributed by atoms with van der Waals surface area (Å²) in [6.45, 7) is 3.21. The molecule has 1 atom stereocenters. The van der Waals surface area contributed by atoms with Crippen molar-refractivity contribution in [2.75, 3.05) is 0 Å². The van der Waals surface area contributed by atoms with Crippen molar-refractivity contribution in [3.05, 3.63) is 6.04 Å². The van der Waals surface area contributed by atoms with Crippen LogP contribution < -0.4 is 10.6 Å². The zero-order valence-corrected chi connectivity index (χ0v) is 5.89. The van der Waals surface area contributed by atoms with Crippen molar-refractivity contribution in [2.24, 2.45) is 0 Å². The van der Waals surface area contributed by atoms with Crippen LogP contribution >= 0.6 is 0 Å². The van der Waals surface area contributed by atoms with Gasteiger partial charge in [-0.1, -0.05) is 0 Å². The first-order valence-electron chi connectivity index (χ1n) is 3.06. The highest BCUT2D eigenvalue weighted by Crippen LogP contribution is 2.00.